The molecular weight excluding hydrogens is 278 g/mol. The summed E-state index contributed by atoms with van der Waals surface area (Å²) in [4.78, 5) is 0.172. The standard InChI is InChI=1S/C13H21N3O3S/c1-9-13(11(8-17)15-14-9)20(18,19)16-7-6-10-4-2-3-5-12(10)16/h10,12,17H,2-8H2,1H3,(H,14,15). The van der Waals surface area contributed by atoms with Gasteiger partial charge in [0.2, 0.25) is 10.0 Å². The molecule has 2 fully saturated rings. The maximum atomic E-state index is 12.9. The molecule has 1 aromatic heterocycles. The van der Waals surface area contributed by atoms with Crippen molar-refractivity contribution in [2.45, 2.75) is 56.6 Å². The van der Waals surface area contributed by atoms with E-state index >= 15 is 0 Å². The van der Waals surface area contributed by atoms with Crippen LogP contribution in [-0.4, -0.2) is 40.6 Å². The number of hydrogen-bond donors (Lipinski definition) is 2. The molecule has 3 rings (SSSR count). The van der Waals surface area contributed by atoms with E-state index in [9.17, 15) is 13.5 Å². The molecule has 2 aliphatic rings. The van der Waals surface area contributed by atoms with Crippen molar-refractivity contribution in [3.05, 3.63) is 11.4 Å². The monoisotopic (exact) mass is 299 g/mol. The lowest BCUT2D eigenvalue weighted by Crippen LogP contribution is -2.39. The van der Waals surface area contributed by atoms with Gasteiger partial charge < -0.3 is 5.11 Å². The van der Waals surface area contributed by atoms with E-state index in [-0.39, 0.29) is 23.2 Å². The quantitative estimate of drug-likeness (QED) is 0.877. The third-order valence-electron chi connectivity index (χ3n) is 4.64. The second-order valence-electron chi connectivity index (χ2n) is 5.80. The number of aryl methyl sites for hydroxylation is 1. The zero-order valence-electron chi connectivity index (χ0n) is 11.7. The largest absolute Gasteiger partial charge is 0.390 e. The fourth-order valence-corrected chi connectivity index (χ4v) is 5.75. The van der Waals surface area contributed by atoms with E-state index in [0.717, 1.165) is 25.7 Å². The number of fused-ring (bicyclic) bond motifs is 1. The van der Waals surface area contributed by atoms with E-state index in [1.165, 1.54) is 6.42 Å². The van der Waals surface area contributed by atoms with Crippen LogP contribution >= 0.6 is 0 Å². The Balaban J connectivity index is 1.98. The predicted octanol–water partition coefficient (Wildman–Crippen LogP) is 1.16. The van der Waals surface area contributed by atoms with Crippen molar-refractivity contribution in [3.63, 3.8) is 0 Å². The highest BCUT2D eigenvalue weighted by Gasteiger charge is 2.43. The van der Waals surface area contributed by atoms with Crippen LogP contribution in [0.1, 0.15) is 43.5 Å². The first-order valence-electron chi connectivity index (χ1n) is 7.22. The molecule has 1 aliphatic heterocycles. The van der Waals surface area contributed by atoms with Crippen LogP contribution in [0.15, 0.2) is 4.90 Å². The van der Waals surface area contributed by atoms with Crippen molar-refractivity contribution in [2.75, 3.05) is 6.54 Å². The first kappa shape index (κ1) is 14.0. The minimum atomic E-state index is -3.56. The summed E-state index contributed by atoms with van der Waals surface area (Å²) < 4.78 is 27.5. The van der Waals surface area contributed by atoms with Crippen molar-refractivity contribution < 1.29 is 13.5 Å². The number of hydrogen-bond acceptors (Lipinski definition) is 4. The third-order valence-corrected chi connectivity index (χ3v) is 6.77. The molecule has 20 heavy (non-hydrogen) atoms. The molecule has 0 amide bonds. The topological polar surface area (TPSA) is 86.3 Å². The molecule has 112 valence electrons. The van der Waals surface area contributed by atoms with E-state index in [2.05, 4.69) is 10.2 Å². The average Bonchev–Trinajstić information content (AvgIpc) is 3.02. The van der Waals surface area contributed by atoms with Crippen molar-refractivity contribution >= 4 is 10.0 Å². The molecule has 0 spiro atoms. The van der Waals surface area contributed by atoms with Crippen LogP contribution < -0.4 is 0 Å². The van der Waals surface area contributed by atoms with Crippen LogP contribution in [0, 0.1) is 12.8 Å². The number of sulfonamides is 1. The van der Waals surface area contributed by atoms with Crippen LogP contribution in [-0.2, 0) is 16.6 Å². The molecule has 2 unspecified atom stereocenters. The molecule has 1 aliphatic carbocycles. The Morgan fingerprint density at radius 1 is 1.35 bits per heavy atom. The second-order valence-corrected chi connectivity index (χ2v) is 7.63. The van der Waals surface area contributed by atoms with Crippen molar-refractivity contribution in [1.29, 1.82) is 0 Å². The summed E-state index contributed by atoms with van der Waals surface area (Å²) in [7, 11) is -3.56. The smallest absolute Gasteiger partial charge is 0.247 e. The Kier molecular flexibility index (Phi) is 3.60. The van der Waals surface area contributed by atoms with Crippen molar-refractivity contribution in [2.24, 2.45) is 5.92 Å². The molecular formula is C13H21N3O3S. The molecule has 2 N–H and O–H groups in total. The summed E-state index contributed by atoms with van der Waals surface area (Å²) in [6.45, 7) is 1.92. The highest BCUT2D eigenvalue weighted by molar-refractivity contribution is 7.89. The van der Waals surface area contributed by atoms with Gasteiger partial charge in [-0.05, 0) is 32.1 Å². The maximum absolute atomic E-state index is 12.9. The first-order chi connectivity index (χ1) is 9.55. The van der Waals surface area contributed by atoms with Crippen LogP contribution in [0.2, 0.25) is 0 Å². The molecule has 1 saturated heterocycles. The predicted molar refractivity (Wildman–Crippen MR) is 73.5 cm³/mol. The van der Waals surface area contributed by atoms with Crippen molar-refractivity contribution in [1.82, 2.24) is 14.5 Å². The van der Waals surface area contributed by atoms with E-state index in [1.54, 1.807) is 11.2 Å². The highest BCUT2D eigenvalue weighted by atomic mass is 32.2. The zero-order chi connectivity index (χ0) is 14.3. The molecule has 2 heterocycles. The van der Waals surface area contributed by atoms with Gasteiger partial charge in [-0.15, -0.1) is 0 Å². The van der Waals surface area contributed by atoms with Gasteiger partial charge >= 0.3 is 0 Å². The molecule has 0 radical (unpaired) electrons. The Labute approximate surface area is 119 Å². The molecule has 6 nitrogen and oxygen atoms in total. The van der Waals surface area contributed by atoms with Gasteiger partial charge in [0.1, 0.15) is 10.6 Å². The van der Waals surface area contributed by atoms with Crippen molar-refractivity contribution in [3.8, 4) is 0 Å². The van der Waals surface area contributed by atoms with Gasteiger partial charge in [-0.1, -0.05) is 12.8 Å². The second kappa shape index (κ2) is 5.13. The Morgan fingerprint density at radius 3 is 2.85 bits per heavy atom. The number of nitrogens with one attached hydrogen (secondary N) is 1. The lowest BCUT2D eigenvalue weighted by molar-refractivity contribution is 0.257. The number of aliphatic hydroxyl groups excluding tert-OH is 1. The van der Waals surface area contributed by atoms with Crippen LogP contribution in [0.5, 0.6) is 0 Å². The maximum Gasteiger partial charge on any atom is 0.247 e. The molecule has 7 heteroatoms. The van der Waals surface area contributed by atoms with Gasteiger partial charge in [-0.2, -0.15) is 9.40 Å². The fourth-order valence-electron chi connectivity index (χ4n) is 3.70. The zero-order valence-corrected chi connectivity index (χ0v) is 12.5. The molecule has 0 bridgehead atoms. The van der Waals surface area contributed by atoms with Gasteiger partial charge in [-0.25, -0.2) is 8.42 Å². The van der Waals surface area contributed by atoms with Crippen LogP contribution in [0.4, 0.5) is 0 Å². The lowest BCUT2D eigenvalue weighted by atomic mass is 9.86. The molecule has 0 aromatic carbocycles. The Hall–Kier alpha value is -0.920. The van der Waals surface area contributed by atoms with Gasteiger partial charge in [0.25, 0.3) is 0 Å². The SMILES string of the molecule is Cc1[nH]nc(CO)c1S(=O)(=O)N1CCC2CCCCC21. The third kappa shape index (κ3) is 2.08. The molecule has 1 aromatic rings. The van der Waals surface area contributed by atoms with Gasteiger partial charge in [0, 0.05) is 12.6 Å². The van der Waals surface area contributed by atoms with E-state index < -0.39 is 10.0 Å². The number of rotatable bonds is 3. The van der Waals surface area contributed by atoms with Crippen LogP contribution in [0.3, 0.4) is 0 Å². The van der Waals surface area contributed by atoms with E-state index in [4.69, 9.17) is 0 Å². The summed E-state index contributed by atoms with van der Waals surface area (Å²) in [5, 5.41) is 15.9. The van der Waals surface area contributed by atoms with Gasteiger partial charge in [-0.3, -0.25) is 5.10 Å². The summed E-state index contributed by atoms with van der Waals surface area (Å²) in [5.74, 6) is 0.503. The van der Waals surface area contributed by atoms with E-state index in [1.807, 2.05) is 0 Å². The number of aromatic nitrogens is 2. The minimum absolute atomic E-state index is 0.134. The lowest BCUT2D eigenvalue weighted by Gasteiger charge is -2.31. The number of H-pyrrole nitrogens is 1. The highest BCUT2D eigenvalue weighted by Crippen LogP contribution is 2.39. The van der Waals surface area contributed by atoms with E-state index in [0.29, 0.717) is 18.2 Å². The normalized spacial score (nSPS) is 27.7. The number of aromatic amines is 1. The average molecular weight is 299 g/mol. The number of nitrogens with zero attached hydrogens (tertiary/aromatic N) is 2. The summed E-state index contributed by atoms with van der Waals surface area (Å²) in [5.41, 5.74) is 0.732. The Morgan fingerprint density at radius 2 is 2.10 bits per heavy atom. The molecule has 1 saturated carbocycles. The molecule has 2 atom stereocenters. The first-order valence-corrected chi connectivity index (χ1v) is 8.66. The summed E-state index contributed by atoms with van der Waals surface area (Å²) >= 11 is 0. The Bertz CT molecular complexity index is 596. The summed E-state index contributed by atoms with van der Waals surface area (Å²) in [6.07, 6.45) is 5.35. The fraction of sp³-hybridized carbons (Fsp3) is 0.769. The van der Waals surface area contributed by atoms with Gasteiger partial charge in [0.05, 0.1) is 12.3 Å². The summed E-state index contributed by atoms with van der Waals surface area (Å²) in [6, 6.07) is 0.134. The van der Waals surface area contributed by atoms with Gasteiger partial charge in [0.15, 0.2) is 0 Å². The minimum Gasteiger partial charge on any atom is -0.390 e. The number of aliphatic hydroxyl groups is 1. The van der Waals surface area contributed by atoms with Crippen LogP contribution in [0.25, 0.3) is 0 Å².